The normalized spacial score (nSPS) is 11.5. The monoisotopic (exact) mass is 437 g/mol. The van der Waals surface area contributed by atoms with E-state index in [1.165, 1.54) is 11.3 Å². The summed E-state index contributed by atoms with van der Waals surface area (Å²) in [6.45, 7) is 4.00. The minimum Gasteiger partial charge on any atom is -0.445 e. The number of aryl methyl sites for hydroxylation is 1. The zero-order valence-electron chi connectivity index (χ0n) is 15.4. The van der Waals surface area contributed by atoms with Gasteiger partial charge in [-0.1, -0.05) is 34.5 Å². The first-order valence-corrected chi connectivity index (χ1v) is 9.79. The van der Waals surface area contributed by atoms with Crippen LogP contribution >= 0.6 is 34.5 Å². The summed E-state index contributed by atoms with van der Waals surface area (Å²) in [7, 11) is 1.87. The molecule has 1 aromatic carbocycles. The molecule has 3 rings (SSSR count). The predicted molar refractivity (Wildman–Crippen MR) is 112 cm³/mol. The van der Waals surface area contributed by atoms with Crippen LogP contribution < -0.4 is 5.32 Å². The molecule has 7 nitrogen and oxygen atoms in total. The van der Waals surface area contributed by atoms with Crippen LogP contribution in [0, 0.1) is 6.92 Å². The lowest BCUT2D eigenvalue weighted by atomic mass is 10.2. The number of carbonyl (C=O) groups excluding carboxylic acids is 1. The highest BCUT2D eigenvalue weighted by Crippen LogP contribution is 2.33. The molecule has 1 amide bonds. The number of ether oxygens (including phenoxy) is 1. The van der Waals surface area contributed by atoms with E-state index >= 15 is 0 Å². The van der Waals surface area contributed by atoms with Gasteiger partial charge in [0.05, 0.1) is 11.2 Å². The maximum absolute atomic E-state index is 12.0. The number of hydrogen-bond acceptors (Lipinski definition) is 6. The van der Waals surface area contributed by atoms with Gasteiger partial charge in [-0.2, -0.15) is 5.10 Å². The molecule has 3 aromatic rings. The molecular weight excluding hydrogens is 421 g/mol. The largest absolute Gasteiger partial charge is 0.445 e. The van der Waals surface area contributed by atoms with Crippen LogP contribution in [0.25, 0.3) is 16.6 Å². The van der Waals surface area contributed by atoms with Gasteiger partial charge in [0.15, 0.2) is 5.01 Å². The number of anilines is 1. The van der Waals surface area contributed by atoms with Crippen molar-refractivity contribution in [2.45, 2.75) is 13.8 Å². The van der Waals surface area contributed by atoms with Crippen LogP contribution in [0.1, 0.15) is 18.2 Å². The maximum atomic E-state index is 12.0. The molecule has 0 aliphatic heterocycles. The van der Waals surface area contributed by atoms with Gasteiger partial charge in [-0.15, -0.1) is 10.2 Å². The Bertz CT molecular complexity index is 1040. The smallest absolute Gasteiger partial charge is 0.413 e. The van der Waals surface area contributed by atoms with Crippen molar-refractivity contribution in [3.8, 4) is 10.6 Å². The summed E-state index contributed by atoms with van der Waals surface area (Å²) in [5.41, 5.74) is 3.59. The third-order valence-electron chi connectivity index (χ3n) is 3.90. The lowest BCUT2D eigenvalue weighted by Gasteiger charge is -2.05. The fourth-order valence-corrected chi connectivity index (χ4v) is 3.64. The number of nitrogens with one attached hydrogen (secondary N) is 1. The molecule has 0 saturated heterocycles. The second-order valence-corrected chi connectivity index (χ2v) is 7.86. The minimum absolute atomic E-state index is 0.148. The summed E-state index contributed by atoms with van der Waals surface area (Å²) < 4.78 is 7.02. The second kappa shape index (κ2) is 8.72. The number of carbonyl (C=O) groups is 1. The molecule has 28 heavy (non-hydrogen) atoms. The Balaban J connectivity index is 1.58. The van der Waals surface area contributed by atoms with Crippen LogP contribution in [-0.4, -0.2) is 32.7 Å². The first kappa shape index (κ1) is 20.3. The molecule has 0 aliphatic rings. The summed E-state index contributed by atoms with van der Waals surface area (Å²) in [4.78, 5) is 12.0. The average molecular weight is 438 g/mol. The van der Waals surface area contributed by atoms with E-state index in [9.17, 15) is 4.79 Å². The van der Waals surface area contributed by atoms with Gasteiger partial charge in [-0.05, 0) is 43.7 Å². The van der Waals surface area contributed by atoms with Gasteiger partial charge in [0.2, 0.25) is 5.13 Å². The quantitative estimate of drug-likeness (QED) is 0.592. The average Bonchev–Trinajstić information content (AvgIpc) is 3.22. The molecule has 0 spiro atoms. The van der Waals surface area contributed by atoms with Crippen molar-refractivity contribution in [2.24, 2.45) is 7.05 Å². The van der Waals surface area contributed by atoms with E-state index < -0.39 is 6.09 Å². The zero-order valence-corrected chi connectivity index (χ0v) is 17.7. The van der Waals surface area contributed by atoms with Crippen LogP contribution in [0.15, 0.2) is 30.0 Å². The molecule has 0 fully saturated rings. The van der Waals surface area contributed by atoms with Gasteiger partial charge in [0, 0.05) is 28.9 Å². The Morgan fingerprint density at radius 3 is 2.82 bits per heavy atom. The highest BCUT2D eigenvalue weighted by atomic mass is 35.5. The van der Waals surface area contributed by atoms with E-state index in [2.05, 4.69) is 20.6 Å². The van der Waals surface area contributed by atoms with Crippen LogP contribution in [0.2, 0.25) is 10.0 Å². The predicted octanol–water partition coefficient (Wildman–Crippen LogP) is 5.21. The Kier molecular flexibility index (Phi) is 6.33. The topological polar surface area (TPSA) is 81.9 Å². The highest BCUT2D eigenvalue weighted by molar-refractivity contribution is 7.18. The van der Waals surface area contributed by atoms with E-state index in [4.69, 9.17) is 27.9 Å². The lowest BCUT2D eigenvalue weighted by molar-refractivity contribution is 0.171. The van der Waals surface area contributed by atoms with Gasteiger partial charge in [0.25, 0.3) is 0 Å². The first-order valence-electron chi connectivity index (χ1n) is 8.22. The molecule has 146 valence electrons. The fraction of sp³-hybridized carbons (Fsp3) is 0.222. The number of benzene rings is 1. The standard InChI is InChI=1S/C18H17Cl2N5O2S/c1-10(6-12-8-21-25(3)11(12)2)9-27-18(26)22-17-24-23-16(28-17)14-5-4-13(19)7-15(14)20/h4-8H,9H2,1-3H3,(H,22,24,26)/b10-6+. The van der Waals surface area contributed by atoms with Crippen molar-refractivity contribution in [1.29, 1.82) is 0 Å². The van der Waals surface area contributed by atoms with Crippen LogP contribution in [0.5, 0.6) is 0 Å². The van der Waals surface area contributed by atoms with Crippen molar-refractivity contribution in [3.05, 3.63) is 51.3 Å². The molecule has 0 atom stereocenters. The summed E-state index contributed by atoms with van der Waals surface area (Å²) >= 11 is 13.3. The van der Waals surface area contributed by atoms with Crippen LogP contribution in [-0.2, 0) is 11.8 Å². The number of aromatic nitrogens is 4. The number of rotatable bonds is 5. The summed E-state index contributed by atoms with van der Waals surface area (Å²) in [6, 6.07) is 5.09. The zero-order chi connectivity index (χ0) is 20.3. The van der Waals surface area contributed by atoms with Crippen molar-refractivity contribution in [1.82, 2.24) is 20.0 Å². The van der Waals surface area contributed by atoms with Gasteiger partial charge < -0.3 is 4.74 Å². The van der Waals surface area contributed by atoms with Crippen molar-refractivity contribution in [2.75, 3.05) is 11.9 Å². The Morgan fingerprint density at radius 1 is 1.36 bits per heavy atom. The summed E-state index contributed by atoms with van der Waals surface area (Å²) in [5, 5.41) is 16.6. The number of amides is 1. The molecule has 0 saturated carbocycles. The molecule has 10 heteroatoms. The third-order valence-corrected chi connectivity index (χ3v) is 5.32. The van der Waals surface area contributed by atoms with Crippen LogP contribution in [0.4, 0.5) is 9.93 Å². The molecule has 0 bridgehead atoms. The fourth-order valence-electron chi connectivity index (χ4n) is 2.31. The van der Waals surface area contributed by atoms with Crippen molar-refractivity contribution >= 4 is 51.8 Å². The number of halogens is 2. The van der Waals surface area contributed by atoms with Crippen LogP contribution in [0.3, 0.4) is 0 Å². The first-order chi connectivity index (χ1) is 13.3. The van der Waals surface area contributed by atoms with Gasteiger partial charge >= 0.3 is 6.09 Å². The Morgan fingerprint density at radius 2 is 2.14 bits per heavy atom. The number of nitrogens with zero attached hydrogens (tertiary/aromatic N) is 4. The summed E-state index contributed by atoms with van der Waals surface area (Å²) in [5.74, 6) is 0. The lowest BCUT2D eigenvalue weighted by Crippen LogP contribution is -2.14. The van der Waals surface area contributed by atoms with Gasteiger partial charge in [0.1, 0.15) is 6.61 Å². The molecule has 0 aliphatic carbocycles. The third kappa shape index (κ3) is 4.89. The van der Waals surface area contributed by atoms with Gasteiger partial charge in [-0.25, -0.2) is 4.79 Å². The van der Waals surface area contributed by atoms with E-state index in [1.54, 1.807) is 29.1 Å². The molecule has 2 aromatic heterocycles. The summed E-state index contributed by atoms with van der Waals surface area (Å²) in [6.07, 6.45) is 3.09. The molecule has 1 N–H and O–H groups in total. The molecule has 0 unspecified atom stereocenters. The Labute approximate surface area is 175 Å². The maximum Gasteiger partial charge on any atom is 0.413 e. The minimum atomic E-state index is -0.611. The number of hydrogen-bond donors (Lipinski definition) is 1. The van der Waals surface area contributed by atoms with Crippen molar-refractivity contribution in [3.63, 3.8) is 0 Å². The second-order valence-electron chi connectivity index (χ2n) is 6.04. The Hall–Kier alpha value is -2.42. The molecule has 0 radical (unpaired) electrons. The van der Waals surface area contributed by atoms with E-state index in [0.717, 1.165) is 16.8 Å². The van der Waals surface area contributed by atoms with E-state index in [0.29, 0.717) is 25.7 Å². The van der Waals surface area contributed by atoms with Crippen molar-refractivity contribution < 1.29 is 9.53 Å². The van der Waals surface area contributed by atoms with Gasteiger partial charge in [-0.3, -0.25) is 10.00 Å². The highest BCUT2D eigenvalue weighted by Gasteiger charge is 2.13. The van der Waals surface area contributed by atoms with E-state index in [1.807, 2.05) is 27.0 Å². The molecule has 2 heterocycles. The molecular formula is C18H17Cl2N5O2S. The van der Waals surface area contributed by atoms with E-state index in [-0.39, 0.29) is 6.61 Å². The SMILES string of the molecule is C/C(=C\c1cnn(C)c1C)COC(=O)Nc1nnc(-c2ccc(Cl)cc2Cl)s1.